The van der Waals surface area contributed by atoms with E-state index in [1.165, 1.54) is 0 Å². The van der Waals surface area contributed by atoms with Gasteiger partial charge in [0.2, 0.25) is 5.91 Å². The molecule has 0 bridgehead atoms. The normalized spacial score (nSPS) is 9.47. The van der Waals surface area contributed by atoms with Crippen molar-refractivity contribution in [2.45, 2.75) is 26.2 Å². The molecule has 0 spiro atoms. The van der Waals surface area contributed by atoms with Crippen molar-refractivity contribution in [3.05, 3.63) is 0 Å². The van der Waals surface area contributed by atoms with Crippen LogP contribution in [0.4, 0.5) is 0 Å². The van der Waals surface area contributed by atoms with Gasteiger partial charge in [0.25, 0.3) is 0 Å². The Bertz CT molecular complexity index is 145. The molecule has 0 aliphatic carbocycles. The second kappa shape index (κ2) is 13.7. The smallest absolute Gasteiger partial charge is 0.220 e. The Balaban J connectivity index is 0. The summed E-state index contributed by atoms with van der Waals surface area (Å²) in [6.07, 6.45) is 2.69. The van der Waals surface area contributed by atoms with E-state index in [1.807, 2.05) is 0 Å². The van der Waals surface area contributed by atoms with E-state index in [0.29, 0.717) is 19.6 Å². The minimum absolute atomic E-state index is 0. The largest absolute Gasteiger partial charge is 0.383 e. The molecular formula is C10H23ClN2O2. The summed E-state index contributed by atoms with van der Waals surface area (Å²) >= 11 is 0. The second-order valence-corrected chi connectivity index (χ2v) is 3.20. The summed E-state index contributed by atoms with van der Waals surface area (Å²) in [4.78, 5) is 11.1. The standard InChI is InChI=1S/C10H22N2O2.ClH/c1-3-4-5-10(13)12-7-6-11-8-9-14-2;/h11H,3-9H2,1-2H3,(H,12,13);1H. The van der Waals surface area contributed by atoms with Crippen LogP contribution in [0.25, 0.3) is 0 Å². The van der Waals surface area contributed by atoms with Crippen LogP contribution in [0.15, 0.2) is 0 Å². The Labute approximate surface area is 98.6 Å². The van der Waals surface area contributed by atoms with Crippen LogP contribution in [0.1, 0.15) is 26.2 Å². The van der Waals surface area contributed by atoms with Crippen molar-refractivity contribution < 1.29 is 9.53 Å². The SMILES string of the molecule is CCCCC(=O)NCCNCCOC.Cl. The molecule has 0 aromatic carbocycles. The first kappa shape index (κ1) is 17.1. The van der Waals surface area contributed by atoms with Crippen molar-refractivity contribution in [2.24, 2.45) is 0 Å². The molecule has 15 heavy (non-hydrogen) atoms. The molecule has 0 saturated heterocycles. The third kappa shape index (κ3) is 13.7. The molecule has 0 fully saturated rings. The van der Waals surface area contributed by atoms with Crippen molar-refractivity contribution in [1.29, 1.82) is 0 Å². The molecular weight excluding hydrogens is 216 g/mol. The highest BCUT2D eigenvalue weighted by Crippen LogP contribution is 1.92. The first-order valence-electron chi connectivity index (χ1n) is 5.27. The molecule has 0 rings (SSSR count). The van der Waals surface area contributed by atoms with Gasteiger partial charge in [0, 0.05) is 33.2 Å². The predicted molar refractivity (Wildman–Crippen MR) is 64.5 cm³/mol. The van der Waals surface area contributed by atoms with Crippen molar-refractivity contribution in [1.82, 2.24) is 10.6 Å². The zero-order valence-corrected chi connectivity index (χ0v) is 10.5. The Morgan fingerprint density at radius 3 is 2.60 bits per heavy atom. The Hall–Kier alpha value is -0.320. The summed E-state index contributed by atoms with van der Waals surface area (Å²) in [7, 11) is 1.67. The highest BCUT2D eigenvalue weighted by Gasteiger charge is 1.97. The van der Waals surface area contributed by atoms with Gasteiger partial charge in [0.1, 0.15) is 0 Å². The number of rotatable bonds is 9. The molecule has 4 nitrogen and oxygen atoms in total. The first-order chi connectivity index (χ1) is 6.81. The van der Waals surface area contributed by atoms with Crippen molar-refractivity contribution >= 4 is 18.3 Å². The van der Waals surface area contributed by atoms with E-state index in [4.69, 9.17) is 4.74 Å². The molecule has 0 aromatic rings. The van der Waals surface area contributed by atoms with Gasteiger partial charge in [-0.05, 0) is 6.42 Å². The number of nitrogens with one attached hydrogen (secondary N) is 2. The monoisotopic (exact) mass is 238 g/mol. The van der Waals surface area contributed by atoms with E-state index in [0.717, 1.165) is 25.9 Å². The molecule has 0 heterocycles. The highest BCUT2D eigenvalue weighted by molar-refractivity contribution is 5.85. The number of hydrogen-bond donors (Lipinski definition) is 2. The van der Waals surface area contributed by atoms with Gasteiger partial charge >= 0.3 is 0 Å². The lowest BCUT2D eigenvalue weighted by molar-refractivity contribution is -0.121. The Morgan fingerprint density at radius 1 is 1.27 bits per heavy atom. The van der Waals surface area contributed by atoms with Gasteiger partial charge in [-0.25, -0.2) is 0 Å². The lowest BCUT2D eigenvalue weighted by Crippen LogP contribution is -2.32. The summed E-state index contributed by atoms with van der Waals surface area (Å²) in [5, 5.41) is 6.01. The third-order valence-corrected chi connectivity index (χ3v) is 1.86. The number of unbranched alkanes of at least 4 members (excludes halogenated alkanes) is 1. The van der Waals surface area contributed by atoms with Crippen LogP contribution in [0.3, 0.4) is 0 Å². The molecule has 0 saturated carbocycles. The summed E-state index contributed by atoms with van der Waals surface area (Å²) in [5.41, 5.74) is 0. The number of ether oxygens (including phenoxy) is 1. The average molecular weight is 239 g/mol. The zero-order chi connectivity index (χ0) is 10.6. The molecule has 0 aromatic heterocycles. The molecule has 0 aliphatic heterocycles. The van der Waals surface area contributed by atoms with Gasteiger partial charge in [-0.1, -0.05) is 13.3 Å². The quantitative estimate of drug-likeness (QED) is 0.588. The third-order valence-electron chi connectivity index (χ3n) is 1.86. The number of carbonyl (C=O) groups excluding carboxylic acids is 1. The van der Waals surface area contributed by atoms with Crippen molar-refractivity contribution in [3.8, 4) is 0 Å². The van der Waals surface area contributed by atoms with Gasteiger partial charge in [-0.3, -0.25) is 4.79 Å². The predicted octanol–water partition coefficient (Wildman–Crippen LogP) is 0.951. The van der Waals surface area contributed by atoms with Crippen molar-refractivity contribution in [2.75, 3.05) is 33.4 Å². The van der Waals surface area contributed by atoms with E-state index < -0.39 is 0 Å². The number of halogens is 1. The molecule has 1 amide bonds. The Kier molecular flexibility index (Phi) is 15.6. The number of hydrogen-bond acceptors (Lipinski definition) is 3. The number of amides is 1. The maximum absolute atomic E-state index is 11.1. The lowest BCUT2D eigenvalue weighted by Gasteiger charge is -2.05. The fourth-order valence-electron chi connectivity index (χ4n) is 1.02. The summed E-state index contributed by atoms with van der Waals surface area (Å²) < 4.78 is 4.87. The topological polar surface area (TPSA) is 50.4 Å². The van der Waals surface area contributed by atoms with Crippen molar-refractivity contribution in [3.63, 3.8) is 0 Å². The maximum Gasteiger partial charge on any atom is 0.220 e. The van der Waals surface area contributed by atoms with E-state index in [2.05, 4.69) is 17.6 Å². The summed E-state index contributed by atoms with van der Waals surface area (Å²) in [6.45, 7) is 5.14. The average Bonchev–Trinajstić information content (AvgIpc) is 2.20. The van der Waals surface area contributed by atoms with E-state index in [1.54, 1.807) is 7.11 Å². The zero-order valence-electron chi connectivity index (χ0n) is 9.67. The van der Waals surface area contributed by atoms with E-state index >= 15 is 0 Å². The van der Waals surface area contributed by atoms with Gasteiger partial charge in [-0.2, -0.15) is 0 Å². The lowest BCUT2D eigenvalue weighted by atomic mass is 10.2. The van der Waals surface area contributed by atoms with Gasteiger partial charge in [0.15, 0.2) is 0 Å². The molecule has 0 aliphatic rings. The summed E-state index contributed by atoms with van der Waals surface area (Å²) in [6, 6.07) is 0. The molecule has 2 N–H and O–H groups in total. The van der Waals surface area contributed by atoms with Crippen LogP contribution >= 0.6 is 12.4 Å². The minimum Gasteiger partial charge on any atom is -0.383 e. The number of methoxy groups -OCH3 is 1. The van der Waals surface area contributed by atoms with Crippen LogP contribution in [0.2, 0.25) is 0 Å². The van der Waals surface area contributed by atoms with Crippen LogP contribution in [-0.2, 0) is 9.53 Å². The molecule has 0 radical (unpaired) electrons. The second-order valence-electron chi connectivity index (χ2n) is 3.20. The highest BCUT2D eigenvalue weighted by atomic mass is 35.5. The fourth-order valence-corrected chi connectivity index (χ4v) is 1.02. The van der Waals surface area contributed by atoms with Crippen LogP contribution in [0, 0.1) is 0 Å². The van der Waals surface area contributed by atoms with Gasteiger partial charge in [-0.15, -0.1) is 12.4 Å². The van der Waals surface area contributed by atoms with Crippen LogP contribution in [0.5, 0.6) is 0 Å². The van der Waals surface area contributed by atoms with Crippen LogP contribution < -0.4 is 10.6 Å². The van der Waals surface area contributed by atoms with E-state index in [9.17, 15) is 4.79 Å². The fraction of sp³-hybridized carbons (Fsp3) is 0.900. The number of carbonyl (C=O) groups is 1. The molecule has 92 valence electrons. The molecule has 0 atom stereocenters. The summed E-state index contributed by atoms with van der Waals surface area (Å²) in [5.74, 6) is 0.153. The first-order valence-corrected chi connectivity index (χ1v) is 5.27. The molecule has 5 heteroatoms. The maximum atomic E-state index is 11.1. The van der Waals surface area contributed by atoms with Gasteiger partial charge < -0.3 is 15.4 Å². The van der Waals surface area contributed by atoms with Gasteiger partial charge in [0.05, 0.1) is 6.61 Å². The van der Waals surface area contributed by atoms with E-state index in [-0.39, 0.29) is 18.3 Å². The minimum atomic E-state index is 0. The molecule has 0 unspecified atom stereocenters. The van der Waals surface area contributed by atoms with Crippen LogP contribution in [-0.4, -0.2) is 39.3 Å². The Morgan fingerprint density at radius 2 is 2.00 bits per heavy atom.